The zero-order valence-corrected chi connectivity index (χ0v) is 17.1. The Morgan fingerprint density at radius 1 is 1.43 bits per heavy atom. The standard InChI is InChI=1S/C20H24N4O3.ClH/c1-12(2)17-16-13(19(25)24-7-6-20(3,10-21)11-24)9-14(15-5-4-8-26-15)22-18(16)27-23-17;/h4-5,8-9,12H,6-7,10-11,21H2,1-3H3;1H. The fourth-order valence-corrected chi connectivity index (χ4v) is 3.62. The second kappa shape index (κ2) is 7.56. The molecule has 1 unspecified atom stereocenters. The first-order valence-electron chi connectivity index (χ1n) is 9.25. The molecule has 0 spiro atoms. The van der Waals surface area contributed by atoms with Crippen molar-refractivity contribution in [2.24, 2.45) is 11.1 Å². The lowest BCUT2D eigenvalue weighted by Crippen LogP contribution is -2.34. The fraction of sp³-hybridized carbons (Fsp3) is 0.450. The van der Waals surface area contributed by atoms with Crippen LogP contribution in [-0.4, -0.2) is 40.6 Å². The molecule has 1 aliphatic heterocycles. The summed E-state index contributed by atoms with van der Waals surface area (Å²) < 4.78 is 10.9. The van der Waals surface area contributed by atoms with E-state index < -0.39 is 0 Å². The van der Waals surface area contributed by atoms with Gasteiger partial charge in [-0.05, 0) is 42.5 Å². The summed E-state index contributed by atoms with van der Waals surface area (Å²) in [5.41, 5.74) is 8.08. The maximum absolute atomic E-state index is 13.4. The molecule has 4 rings (SSSR count). The monoisotopic (exact) mass is 404 g/mol. The number of carbonyl (C=O) groups is 1. The minimum absolute atomic E-state index is 0. The molecule has 1 saturated heterocycles. The SMILES string of the molecule is CC(C)c1noc2nc(-c3ccco3)cc(C(=O)N3CCC(C)(CN)C3)c12.Cl. The number of pyridine rings is 1. The van der Waals surface area contributed by atoms with Crippen LogP contribution < -0.4 is 5.73 Å². The molecule has 7 nitrogen and oxygen atoms in total. The highest BCUT2D eigenvalue weighted by Crippen LogP contribution is 2.34. The van der Waals surface area contributed by atoms with Crippen molar-refractivity contribution in [2.45, 2.75) is 33.1 Å². The van der Waals surface area contributed by atoms with Gasteiger partial charge in [0.1, 0.15) is 5.69 Å². The van der Waals surface area contributed by atoms with Gasteiger partial charge in [0.05, 0.1) is 22.9 Å². The summed E-state index contributed by atoms with van der Waals surface area (Å²) in [7, 11) is 0. The van der Waals surface area contributed by atoms with Gasteiger partial charge >= 0.3 is 0 Å². The smallest absolute Gasteiger partial charge is 0.259 e. The van der Waals surface area contributed by atoms with Crippen molar-refractivity contribution in [3.8, 4) is 11.5 Å². The van der Waals surface area contributed by atoms with Gasteiger partial charge in [0.15, 0.2) is 5.76 Å². The third-order valence-electron chi connectivity index (χ3n) is 5.36. The summed E-state index contributed by atoms with van der Waals surface area (Å²) in [5.74, 6) is 0.654. The van der Waals surface area contributed by atoms with Crippen LogP contribution in [0.25, 0.3) is 22.6 Å². The first kappa shape index (κ1) is 20.4. The molecule has 1 amide bonds. The van der Waals surface area contributed by atoms with Crippen molar-refractivity contribution < 1.29 is 13.7 Å². The Morgan fingerprint density at radius 3 is 2.82 bits per heavy atom. The molecule has 2 N–H and O–H groups in total. The Hall–Kier alpha value is -2.38. The first-order chi connectivity index (χ1) is 12.9. The van der Waals surface area contributed by atoms with Crippen LogP contribution in [0.4, 0.5) is 0 Å². The van der Waals surface area contributed by atoms with Gasteiger partial charge in [0.2, 0.25) is 0 Å². The lowest BCUT2D eigenvalue weighted by molar-refractivity contribution is 0.0778. The number of hydrogen-bond donors (Lipinski definition) is 1. The highest BCUT2D eigenvalue weighted by Gasteiger charge is 2.36. The zero-order valence-electron chi connectivity index (χ0n) is 16.3. The van der Waals surface area contributed by atoms with E-state index >= 15 is 0 Å². The van der Waals surface area contributed by atoms with Crippen molar-refractivity contribution in [3.05, 3.63) is 35.7 Å². The average Bonchev–Trinajstić information content (AvgIpc) is 3.39. The highest BCUT2D eigenvalue weighted by atomic mass is 35.5. The summed E-state index contributed by atoms with van der Waals surface area (Å²) in [6.07, 6.45) is 2.48. The molecular weight excluding hydrogens is 380 g/mol. The number of nitrogens with two attached hydrogens (primary N) is 1. The Morgan fingerprint density at radius 2 is 2.21 bits per heavy atom. The van der Waals surface area contributed by atoms with Crippen LogP contribution in [0.1, 0.15) is 49.2 Å². The van der Waals surface area contributed by atoms with Crippen molar-refractivity contribution in [3.63, 3.8) is 0 Å². The number of furan rings is 1. The summed E-state index contributed by atoms with van der Waals surface area (Å²) in [6.45, 7) is 8.06. The molecule has 3 aromatic heterocycles. The van der Waals surface area contributed by atoms with Gasteiger partial charge in [0, 0.05) is 13.1 Å². The van der Waals surface area contributed by atoms with Gasteiger partial charge in [-0.1, -0.05) is 25.9 Å². The Kier molecular flexibility index (Phi) is 5.50. The maximum atomic E-state index is 13.4. The molecule has 28 heavy (non-hydrogen) atoms. The molecule has 0 aromatic carbocycles. The maximum Gasteiger partial charge on any atom is 0.259 e. The molecule has 150 valence electrons. The minimum Gasteiger partial charge on any atom is -0.463 e. The van der Waals surface area contributed by atoms with E-state index in [0.29, 0.717) is 47.8 Å². The number of likely N-dealkylation sites (tertiary alicyclic amines) is 1. The molecule has 0 aliphatic carbocycles. The number of nitrogens with zero attached hydrogens (tertiary/aromatic N) is 3. The van der Waals surface area contributed by atoms with E-state index in [1.807, 2.05) is 24.8 Å². The van der Waals surface area contributed by atoms with Crippen LogP contribution in [0.2, 0.25) is 0 Å². The molecule has 8 heteroatoms. The van der Waals surface area contributed by atoms with Crippen molar-refractivity contribution >= 4 is 29.4 Å². The topological polar surface area (TPSA) is 98.4 Å². The number of aromatic nitrogens is 2. The number of fused-ring (bicyclic) bond motifs is 1. The summed E-state index contributed by atoms with van der Waals surface area (Å²) in [6, 6.07) is 5.38. The molecule has 0 bridgehead atoms. The number of amides is 1. The van der Waals surface area contributed by atoms with Crippen LogP contribution in [0, 0.1) is 5.41 Å². The van der Waals surface area contributed by atoms with E-state index in [-0.39, 0.29) is 29.6 Å². The van der Waals surface area contributed by atoms with Crippen LogP contribution in [-0.2, 0) is 0 Å². The van der Waals surface area contributed by atoms with Crippen molar-refractivity contribution in [1.82, 2.24) is 15.0 Å². The predicted molar refractivity (Wildman–Crippen MR) is 109 cm³/mol. The van der Waals surface area contributed by atoms with Gasteiger partial charge in [-0.2, -0.15) is 0 Å². The highest BCUT2D eigenvalue weighted by molar-refractivity contribution is 6.07. The quantitative estimate of drug-likeness (QED) is 0.709. The normalized spacial score (nSPS) is 19.4. The third-order valence-corrected chi connectivity index (χ3v) is 5.36. The van der Waals surface area contributed by atoms with E-state index in [9.17, 15) is 4.79 Å². The summed E-state index contributed by atoms with van der Waals surface area (Å²) in [5, 5.41) is 4.86. The van der Waals surface area contributed by atoms with Crippen molar-refractivity contribution in [2.75, 3.05) is 19.6 Å². The number of rotatable bonds is 4. The first-order valence-corrected chi connectivity index (χ1v) is 9.25. The Balaban J connectivity index is 0.00000225. The summed E-state index contributed by atoms with van der Waals surface area (Å²) >= 11 is 0. The van der Waals surface area contributed by atoms with Crippen LogP contribution in [0.3, 0.4) is 0 Å². The fourth-order valence-electron chi connectivity index (χ4n) is 3.62. The van der Waals surface area contributed by atoms with E-state index in [2.05, 4.69) is 17.1 Å². The Bertz CT molecular complexity index is 983. The van der Waals surface area contributed by atoms with Gasteiger partial charge < -0.3 is 19.6 Å². The van der Waals surface area contributed by atoms with Gasteiger partial charge in [0.25, 0.3) is 11.6 Å². The minimum atomic E-state index is -0.0440. The molecule has 0 radical (unpaired) electrons. The third kappa shape index (κ3) is 3.40. The summed E-state index contributed by atoms with van der Waals surface area (Å²) in [4.78, 5) is 19.8. The molecule has 1 fully saturated rings. The zero-order chi connectivity index (χ0) is 19.2. The van der Waals surface area contributed by atoms with E-state index in [1.165, 1.54) is 0 Å². The van der Waals surface area contributed by atoms with Gasteiger partial charge in [-0.25, -0.2) is 4.98 Å². The number of carbonyl (C=O) groups excluding carboxylic acids is 1. The predicted octanol–water partition coefficient (Wildman–Crippen LogP) is 3.84. The van der Waals surface area contributed by atoms with Gasteiger partial charge in [-0.3, -0.25) is 4.79 Å². The number of halogens is 1. The molecular formula is C20H25ClN4O3. The molecule has 1 aliphatic rings. The molecule has 1 atom stereocenters. The van der Waals surface area contributed by atoms with E-state index in [0.717, 1.165) is 12.1 Å². The average molecular weight is 405 g/mol. The Labute approximate surface area is 169 Å². The van der Waals surface area contributed by atoms with Crippen molar-refractivity contribution in [1.29, 1.82) is 0 Å². The molecule has 4 heterocycles. The largest absolute Gasteiger partial charge is 0.463 e. The van der Waals surface area contributed by atoms with Crippen LogP contribution in [0.5, 0.6) is 0 Å². The molecule has 3 aromatic rings. The lowest BCUT2D eigenvalue weighted by atomic mass is 9.90. The second-order valence-corrected chi connectivity index (χ2v) is 7.93. The van der Waals surface area contributed by atoms with Gasteiger partial charge in [-0.15, -0.1) is 12.4 Å². The van der Waals surface area contributed by atoms with E-state index in [1.54, 1.807) is 18.4 Å². The lowest BCUT2D eigenvalue weighted by Gasteiger charge is -2.23. The van der Waals surface area contributed by atoms with Crippen LogP contribution >= 0.6 is 12.4 Å². The number of hydrogen-bond acceptors (Lipinski definition) is 6. The van der Waals surface area contributed by atoms with Crippen LogP contribution in [0.15, 0.2) is 33.4 Å². The van der Waals surface area contributed by atoms with E-state index in [4.69, 9.17) is 14.7 Å². The second-order valence-electron chi connectivity index (χ2n) is 7.93. The molecule has 0 saturated carbocycles.